The summed E-state index contributed by atoms with van der Waals surface area (Å²) in [5, 5.41) is 3.32. The molecule has 1 rings (SSSR count). The van der Waals surface area contributed by atoms with Gasteiger partial charge in [-0.3, -0.25) is 4.99 Å². The van der Waals surface area contributed by atoms with Gasteiger partial charge in [0.15, 0.2) is 0 Å². The van der Waals surface area contributed by atoms with Crippen molar-refractivity contribution < 1.29 is 0 Å². The number of hydrogen-bond donors (Lipinski definition) is 1. The van der Waals surface area contributed by atoms with E-state index in [0.29, 0.717) is 0 Å². The normalized spacial score (nSPS) is 16.8. The highest BCUT2D eigenvalue weighted by molar-refractivity contribution is 5.81. The molecule has 0 bridgehead atoms. The third-order valence-electron chi connectivity index (χ3n) is 2.20. The average Bonchev–Trinajstić information content (AvgIpc) is 2.46. The molecule has 0 saturated carbocycles. The maximum Gasteiger partial charge on any atom is 0.0958 e. The SMILES string of the molecule is CCNCCCN1CCN=C1C. The third kappa shape index (κ3) is 2.81. The molecule has 0 atom stereocenters. The third-order valence-corrected chi connectivity index (χ3v) is 2.20. The van der Waals surface area contributed by atoms with Crippen molar-refractivity contribution >= 4 is 5.84 Å². The van der Waals surface area contributed by atoms with E-state index in [-0.39, 0.29) is 0 Å². The lowest BCUT2D eigenvalue weighted by Gasteiger charge is -2.17. The van der Waals surface area contributed by atoms with Crippen LogP contribution in [0.1, 0.15) is 20.3 Å². The highest BCUT2D eigenvalue weighted by Gasteiger charge is 2.10. The Hall–Kier alpha value is -0.570. The molecule has 0 unspecified atom stereocenters. The van der Waals surface area contributed by atoms with E-state index >= 15 is 0 Å². The zero-order valence-corrected chi connectivity index (χ0v) is 8.14. The molecule has 1 heterocycles. The fourth-order valence-electron chi connectivity index (χ4n) is 1.44. The van der Waals surface area contributed by atoms with E-state index < -0.39 is 0 Å². The maximum absolute atomic E-state index is 4.34. The van der Waals surface area contributed by atoms with Crippen LogP contribution < -0.4 is 5.32 Å². The number of nitrogens with zero attached hydrogens (tertiary/aromatic N) is 2. The van der Waals surface area contributed by atoms with Crippen LogP contribution >= 0.6 is 0 Å². The Morgan fingerprint density at radius 2 is 2.42 bits per heavy atom. The highest BCUT2D eigenvalue weighted by Crippen LogP contribution is 2.00. The molecule has 0 aromatic rings. The van der Waals surface area contributed by atoms with Gasteiger partial charge in [-0.2, -0.15) is 0 Å². The van der Waals surface area contributed by atoms with Gasteiger partial charge in [0.05, 0.1) is 12.4 Å². The van der Waals surface area contributed by atoms with Crippen LogP contribution in [0.2, 0.25) is 0 Å². The van der Waals surface area contributed by atoms with Gasteiger partial charge in [-0.1, -0.05) is 6.92 Å². The lowest BCUT2D eigenvalue weighted by atomic mass is 10.3. The molecule has 12 heavy (non-hydrogen) atoms. The number of nitrogens with one attached hydrogen (secondary N) is 1. The van der Waals surface area contributed by atoms with Crippen molar-refractivity contribution in [1.29, 1.82) is 0 Å². The van der Waals surface area contributed by atoms with Crippen LogP contribution in [0.15, 0.2) is 4.99 Å². The smallest absolute Gasteiger partial charge is 0.0958 e. The number of aliphatic imine (C=N–C) groups is 1. The van der Waals surface area contributed by atoms with Crippen molar-refractivity contribution in [2.75, 3.05) is 32.7 Å². The van der Waals surface area contributed by atoms with Gasteiger partial charge in [-0.25, -0.2) is 0 Å². The van der Waals surface area contributed by atoms with Crippen LogP contribution in [0.5, 0.6) is 0 Å². The standard InChI is InChI=1S/C9H19N3/c1-3-10-5-4-7-12-8-6-11-9(12)2/h10H,3-8H2,1-2H3. The van der Waals surface area contributed by atoms with Gasteiger partial charge in [-0.05, 0) is 26.4 Å². The molecule has 0 spiro atoms. The molecule has 0 aliphatic carbocycles. The average molecular weight is 169 g/mol. The number of amidine groups is 1. The molecule has 1 aliphatic rings. The monoisotopic (exact) mass is 169 g/mol. The predicted octanol–water partition coefficient (Wildman–Crippen LogP) is 0.720. The summed E-state index contributed by atoms with van der Waals surface area (Å²) >= 11 is 0. The molecule has 0 aromatic carbocycles. The molecular formula is C9H19N3. The summed E-state index contributed by atoms with van der Waals surface area (Å²) in [4.78, 5) is 6.70. The first-order chi connectivity index (χ1) is 5.84. The molecule has 0 amide bonds. The molecule has 70 valence electrons. The molecule has 1 N–H and O–H groups in total. The molecule has 0 radical (unpaired) electrons. The fourth-order valence-corrected chi connectivity index (χ4v) is 1.44. The van der Waals surface area contributed by atoms with Gasteiger partial charge in [0, 0.05) is 13.1 Å². The summed E-state index contributed by atoms with van der Waals surface area (Å²) in [6, 6.07) is 0. The van der Waals surface area contributed by atoms with Gasteiger partial charge in [0.2, 0.25) is 0 Å². The highest BCUT2D eigenvalue weighted by atomic mass is 15.2. The van der Waals surface area contributed by atoms with Crippen molar-refractivity contribution in [1.82, 2.24) is 10.2 Å². The van der Waals surface area contributed by atoms with E-state index in [1.807, 2.05) is 0 Å². The van der Waals surface area contributed by atoms with E-state index in [0.717, 1.165) is 32.7 Å². The minimum Gasteiger partial charge on any atom is -0.359 e. The van der Waals surface area contributed by atoms with Gasteiger partial charge in [0.25, 0.3) is 0 Å². The van der Waals surface area contributed by atoms with E-state index in [2.05, 4.69) is 29.1 Å². The van der Waals surface area contributed by atoms with Gasteiger partial charge in [0.1, 0.15) is 0 Å². The quantitative estimate of drug-likeness (QED) is 0.614. The fraction of sp³-hybridized carbons (Fsp3) is 0.889. The van der Waals surface area contributed by atoms with Crippen molar-refractivity contribution in [3.05, 3.63) is 0 Å². The Bertz CT molecular complexity index is 154. The molecule has 0 aromatic heterocycles. The first-order valence-corrected chi connectivity index (χ1v) is 4.81. The molecule has 0 saturated heterocycles. The summed E-state index contributed by atoms with van der Waals surface area (Å²) < 4.78 is 0. The summed E-state index contributed by atoms with van der Waals surface area (Å²) in [6.45, 7) is 9.71. The summed E-state index contributed by atoms with van der Waals surface area (Å²) in [7, 11) is 0. The maximum atomic E-state index is 4.34. The van der Waals surface area contributed by atoms with Gasteiger partial charge >= 0.3 is 0 Å². The van der Waals surface area contributed by atoms with Crippen LogP contribution in [0.25, 0.3) is 0 Å². The van der Waals surface area contributed by atoms with Crippen LogP contribution in [-0.4, -0.2) is 43.5 Å². The van der Waals surface area contributed by atoms with Crippen LogP contribution in [0, 0.1) is 0 Å². The van der Waals surface area contributed by atoms with Crippen molar-refractivity contribution in [3.8, 4) is 0 Å². The Labute approximate surface area is 74.9 Å². The molecule has 0 fully saturated rings. The van der Waals surface area contributed by atoms with Gasteiger partial charge < -0.3 is 10.2 Å². The Morgan fingerprint density at radius 1 is 1.58 bits per heavy atom. The van der Waals surface area contributed by atoms with Crippen LogP contribution in [0.4, 0.5) is 0 Å². The van der Waals surface area contributed by atoms with Crippen LogP contribution in [0.3, 0.4) is 0 Å². The first-order valence-electron chi connectivity index (χ1n) is 4.81. The second kappa shape index (κ2) is 5.14. The lowest BCUT2D eigenvalue weighted by molar-refractivity contribution is 0.437. The Balaban J connectivity index is 2.03. The zero-order valence-electron chi connectivity index (χ0n) is 8.14. The van der Waals surface area contributed by atoms with E-state index in [9.17, 15) is 0 Å². The van der Waals surface area contributed by atoms with Crippen molar-refractivity contribution in [2.24, 2.45) is 4.99 Å². The predicted molar refractivity (Wildman–Crippen MR) is 52.7 cm³/mol. The molecule has 3 heteroatoms. The molecule has 3 nitrogen and oxygen atoms in total. The van der Waals surface area contributed by atoms with E-state index in [4.69, 9.17) is 0 Å². The van der Waals surface area contributed by atoms with E-state index in [1.165, 1.54) is 12.3 Å². The van der Waals surface area contributed by atoms with Crippen molar-refractivity contribution in [3.63, 3.8) is 0 Å². The second-order valence-corrected chi connectivity index (χ2v) is 3.12. The summed E-state index contributed by atoms with van der Waals surface area (Å²) in [5.74, 6) is 1.21. The van der Waals surface area contributed by atoms with E-state index in [1.54, 1.807) is 0 Å². The van der Waals surface area contributed by atoms with Crippen molar-refractivity contribution in [2.45, 2.75) is 20.3 Å². The Morgan fingerprint density at radius 3 is 3.00 bits per heavy atom. The number of rotatable bonds is 5. The Kier molecular flexibility index (Phi) is 4.08. The topological polar surface area (TPSA) is 27.6 Å². The largest absolute Gasteiger partial charge is 0.359 e. The van der Waals surface area contributed by atoms with Gasteiger partial charge in [-0.15, -0.1) is 0 Å². The van der Waals surface area contributed by atoms with Crippen LogP contribution in [-0.2, 0) is 0 Å². The summed E-state index contributed by atoms with van der Waals surface area (Å²) in [5.41, 5.74) is 0. The summed E-state index contributed by atoms with van der Waals surface area (Å²) in [6.07, 6.45) is 1.22. The zero-order chi connectivity index (χ0) is 8.81. The second-order valence-electron chi connectivity index (χ2n) is 3.12. The number of hydrogen-bond acceptors (Lipinski definition) is 3. The molecular weight excluding hydrogens is 150 g/mol. The minimum absolute atomic E-state index is 0.993. The molecule has 1 aliphatic heterocycles. The lowest BCUT2D eigenvalue weighted by Crippen LogP contribution is -2.29. The first kappa shape index (κ1) is 9.52. The minimum atomic E-state index is 0.993.